The molecule has 0 spiro atoms. The zero-order chi connectivity index (χ0) is 30.3. The van der Waals surface area contributed by atoms with Gasteiger partial charge in [-0.15, -0.1) is 0 Å². The number of aliphatic hydroxyl groups is 1. The summed E-state index contributed by atoms with van der Waals surface area (Å²) >= 11 is 5.61. The fourth-order valence-electron chi connectivity index (χ4n) is 4.67. The van der Waals surface area contributed by atoms with Gasteiger partial charge < -0.3 is 14.7 Å². The van der Waals surface area contributed by atoms with Gasteiger partial charge in [-0.25, -0.2) is 9.37 Å². The van der Waals surface area contributed by atoms with Crippen LogP contribution in [0.25, 0.3) is 5.65 Å². The van der Waals surface area contributed by atoms with Crippen LogP contribution >= 0.6 is 12.2 Å². The predicted molar refractivity (Wildman–Crippen MR) is 150 cm³/mol. The minimum atomic E-state index is -3.50. The summed E-state index contributed by atoms with van der Waals surface area (Å²) in [6, 6.07) is 6.33. The summed E-state index contributed by atoms with van der Waals surface area (Å²) in [5.74, 6) is -5.13. The summed E-state index contributed by atoms with van der Waals surface area (Å²) < 4.78 is 51.5. The van der Waals surface area contributed by atoms with E-state index in [9.17, 15) is 23.6 Å². The van der Waals surface area contributed by atoms with Gasteiger partial charge >= 0.3 is 5.56 Å². The molecule has 2 aromatic heterocycles. The van der Waals surface area contributed by atoms with Crippen LogP contribution < -0.4 is 20.1 Å². The topological polar surface area (TPSA) is 111 Å². The van der Waals surface area contributed by atoms with Crippen molar-refractivity contribution < 1.29 is 27.8 Å². The van der Waals surface area contributed by atoms with E-state index in [-0.39, 0.29) is 58.8 Å². The van der Waals surface area contributed by atoms with Crippen LogP contribution in [0.4, 0.5) is 24.5 Å². The molecule has 3 aromatic rings. The van der Waals surface area contributed by atoms with Crippen LogP contribution in [0, 0.1) is 17.1 Å². The molecular formula is C28H26F3N5O4S. The van der Waals surface area contributed by atoms with E-state index in [1.165, 1.54) is 44.0 Å². The Labute approximate surface area is 238 Å². The van der Waals surface area contributed by atoms with Crippen LogP contribution in [0.15, 0.2) is 47.4 Å². The smallest absolute Gasteiger partial charge is 0.300 e. The molecule has 1 saturated heterocycles. The molecule has 13 heteroatoms. The first-order chi connectivity index (χ1) is 19.3. The molecule has 0 unspecified atom stereocenters. The van der Waals surface area contributed by atoms with Gasteiger partial charge in [0.25, 0.3) is 11.8 Å². The Bertz CT molecular complexity index is 1700. The van der Waals surface area contributed by atoms with Crippen LogP contribution in [0.2, 0.25) is 0 Å². The number of alkyl halides is 2. The fourth-order valence-corrected chi connectivity index (χ4v) is 5.19. The van der Waals surface area contributed by atoms with Gasteiger partial charge in [0.05, 0.1) is 35.3 Å². The number of ether oxygens (including phenoxy) is 1. The van der Waals surface area contributed by atoms with Crippen molar-refractivity contribution in [2.75, 3.05) is 23.0 Å². The molecule has 0 aliphatic carbocycles. The Morgan fingerprint density at radius 2 is 1.95 bits per heavy atom. The van der Waals surface area contributed by atoms with Crippen molar-refractivity contribution in [2.24, 2.45) is 0 Å². The largest absolute Gasteiger partial charge is 0.484 e. The number of aryl methyl sites for hydroxylation is 1. The number of benzene rings is 1. The van der Waals surface area contributed by atoms with Gasteiger partial charge in [-0.2, -0.15) is 14.0 Å². The van der Waals surface area contributed by atoms with Crippen LogP contribution in [0.3, 0.4) is 0 Å². The normalized spacial score (nSPS) is 15.3. The van der Waals surface area contributed by atoms with E-state index >= 15 is 4.39 Å². The molecule has 1 aliphatic rings. The van der Waals surface area contributed by atoms with Gasteiger partial charge in [-0.3, -0.25) is 18.9 Å². The van der Waals surface area contributed by atoms with Gasteiger partial charge in [0.2, 0.25) is 5.75 Å². The molecule has 4 rings (SSSR count). The van der Waals surface area contributed by atoms with Crippen LogP contribution in [0.5, 0.6) is 5.75 Å². The van der Waals surface area contributed by atoms with Crippen molar-refractivity contribution in [3.05, 3.63) is 75.6 Å². The second kappa shape index (κ2) is 10.9. The molecule has 0 atom stereocenters. The lowest BCUT2D eigenvalue weighted by atomic mass is 9.99. The number of nitrogens with zero attached hydrogens (tertiary/aromatic N) is 5. The first kappa shape index (κ1) is 29.7. The van der Waals surface area contributed by atoms with Crippen LogP contribution in [0.1, 0.15) is 44.5 Å². The third-order valence-electron chi connectivity index (χ3n) is 6.61. The predicted octanol–water partition coefficient (Wildman–Crippen LogP) is 4.22. The van der Waals surface area contributed by atoms with Crippen LogP contribution in [-0.2, 0) is 17.1 Å². The number of aliphatic hydroxyl groups excluding tert-OH is 1. The molecule has 1 fully saturated rings. The molecule has 0 bridgehead atoms. The van der Waals surface area contributed by atoms with Gasteiger partial charge in [-0.05, 0) is 63.7 Å². The molecule has 41 heavy (non-hydrogen) atoms. The molecule has 1 amide bonds. The monoisotopic (exact) mass is 585 g/mol. The highest BCUT2D eigenvalue weighted by atomic mass is 32.1. The second-order valence-corrected chi connectivity index (χ2v) is 10.0. The maximum atomic E-state index is 15.4. The number of amides is 1. The Morgan fingerprint density at radius 1 is 1.24 bits per heavy atom. The van der Waals surface area contributed by atoms with Gasteiger partial charge in [0, 0.05) is 17.8 Å². The maximum absolute atomic E-state index is 15.4. The summed E-state index contributed by atoms with van der Waals surface area (Å²) in [7, 11) is 0. The lowest BCUT2D eigenvalue weighted by Gasteiger charge is -2.29. The summed E-state index contributed by atoms with van der Waals surface area (Å²) in [5.41, 5.74) is -3.11. The van der Waals surface area contributed by atoms with Crippen molar-refractivity contribution in [1.82, 2.24) is 9.38 Å². The van der Waals surface area contributed by atoms with Crippen molar-refractivity contribution >= 4 is 40.3 Å². The standard InChI is InChI=1S/C28H26F3N5O4S/c1-5-9-28(30,31)19-12-17(8-7-16(19)14-32)35-25(39)27(3,4)36(26(35)41)18-13-20(29)23-33-21(6-2)22(40-11-10-37)24(38)34(23)15-18/h5,7-9,12-13,15,37H,6,10-11H2,1-4H3/b9-5+. The van der Waals surface area contributed by atoms with E-state index in [0.717, 1.165) is 27.5 Å². The minimum absolute atomic E-state index is 0.0128. The molecule has 0 radical (unpaired) electrons. The summed E-state index contributed by atoms with van der Waals surface area (Å²) in [6.07, 6.45) is 3.31. The van der Waals surface area contributed by atoms with Crippen molar-refractivity contribution in [3.63, 3.8) is 0 Å². The Balaban J connectivity index is 1.88. The van der Waals surface area contributed by atoms with Crippen molar-refractivity contribution in [3.8, 4) is 11.8 Å². The first-order valence-corrected chi connectivity index (χ1v) is 13.0. The quantitative estimate of drug-likeness (QED) is 0.309. The molecule has 214 valence electrons. The number of pyridine rings is 1. The molecule has 3 heterocycles. The van der Waals surface area contributed by atoms with Gasteiger partial charge in [-0.1, -0.05) is 13.0 Å². The number of carbonyl (C=O) groups is 1. The molecule has 1 aromatic carbocycles. The number of nitriles is 1. The van der Waals surface area contributed by atoms with E-state index in [0.29, 0.717) is 6.08 Å². The number of halogens is 3. The van der Waals surface area contributed by atoms with Crippen molar-refractivity contribution in [1.29, 1.82) is 5.26 Å². The third kappa shape index (κ3) is 4.93. The lowest BCUT2D eigenvalue weighted by Crippen LogP contribution is -2.44. The zero-order valence-corrected chi connectivity index (χ0v) is 23.4. The highest BCUT2D eigenvalue weighted by molar-refractivity contribution is 7.81. The van der Waals surface area contributed by atoms with E-state index in [4.69, 9.17) is 22.1 Å². The number of fused-ring (bicyclic) bond motifs is 1. The SMILES string of the molecule is C/C=C/C(F)(F)c1cc(N2C(=O)C(C)(C)N(c3cc(F)c4nc(CC)c(OCCO)c(=O)n4c3)C2=S)ccc1C#N. The summed E-state index contributed by atoms with van der Waals surface area (Å²) in [4.78, 5) is 33.5. The van der Waals surface area contributed by atoms with Crippen molar-refractivity contribution in [2.45, 2.75) is 45.6 Å². The third-order valence-corrected chi connectivity index (χ3v) is 6.97. The molecule has 0 saturated carbocycles. The number of hydrogen-bond acceptors (Lipinski definition) is 7. The molecule has 1 N–H and O–H groups in total. The highest BCUT2D eigenvalue weighted by Crippen LogP contribution is 2.40. The lowest BCUT2D eigenvalue weighted by molar-refractivity contribution is -0.120. The number of carbonyl (C=O) groups excluding carboxylic acids is 1. The maximum Gasteiger partial charge on any atom is 0.300 e. The molecule has 1 aliphatic heterocycles. The Kier molecular flexibility index (Phi) is 7.93. The molecule has 9 nitrogen and oxygen atoms in total. The summed E-state index contributed by atoms with van der Waals surface area (Å²) in [6.45, 7) is 5.62. The number of hydrogen-bond donors (Lipinski definition) is 1. The first-order valence-electron chi connectivity index (χ1n) is 12.6. The Hall–Kier alpha value is -4.28. The summed E-state index contributed by atoms with van der Waals surface area (Å²) in [5, 5.41) is 18.4. The van der Waals surface area contributed by atoms with E-state index in [2.05, 4.69) is 4.98 Å². The number of aromatic nitrogens is 2. The average molecular weight is 586 g/mol. The van der Waals surface area contributed by atoms with E-state index in [1.54, 1.807) is 13.0 Å². The van der Waals surface area contributed by atoms with Crippen LogP contribution in [-0.4, -0.2) is 44.3 Å². The number of thiocarbonyl (C=S) groups is 1. The second-order valence-electron chi connectivity index (χ2n) is 9.64. The van der Waals surface area contributed by atoms with E-state index < -0.39 is 34.3 Å². The van der Waals surface area contributed by atoms with E-state index in [1.807, 2.05) is 0 Å². The zero-order valence-electron chi connectivity index (χ0n) is 22.6. The number of allylic oxidation sites excluding steroid dienone is 2. The Morgan fingerprint density at radius 3 is 2.56 bits per heavy atom. The minimum Gasteiger partial charge on any atom is -0.484 e. The fraction of sp³-hybridized carbons (Fsp3) is 0.321. The van der Waals surface area contributed by atoms with Gasteiger partial charge in [0.1, 0.15) is 12.1 Å². The number of anilines is 2. The highest BCUT2D eigenvalue weighted by Gasteiger charge is 2.51. The average Bonchev–Trinajstić information content (AvgIpc) is 3.10. The van der Waals surface area contributed by atoms with Gasteiger partial charge in [0.15, 0.2) is 16.6 Å². The number of rotatable bonds is 8. The molecular weight excluding hydrogens is 559 g/mol.